The highest BCUT2D eigenvalue weighted by molar-refractivity contribution is 7.17. The predicted molar refractivity (Wildman–Crippen MR) is 100 cm³/mol. The predicted octanol–water partition coefficient (Wildman–Crippen LogP) is 4.57. The van der Waals surface area contributed by atoms with E-state index in [4.69, 9.17) is 0 Å². The van der Waals surface area contributed by atoms with Crippen molar-refractivity contribution < 1.29 is 9.59 Å². The molecule has 25 heavy (non-hydrogen) atoms. The van der Waals surface area contributed by atoms with Crippen LogP contribution in [-0.4, -0.2) is 16.8 Å². The van der Waals surface area contributed by atoms with Crippen LogP contribution in [0.1, 0.15) is 20.7 Å². The smallest absolute Gasteiger partial charge is 0.259 e. The summed E-state index contributed by atoms with van der Waals surface area (Å²) in [4.78, 5) is 28.6. The summed E-state index contributed by atoms with van der Waals surface area (Å²) < 4.78 is 1.16. The summed E-state index contributed by atoms with van der Waals surface area (Å²) in [5, 5.41) is 9.26. The highest BCUT2D eigenvalue weighted by Crippen LogP contribution is 2.42. The number of nitrogens with one attached hydrogen (secondary N) is 2. The zero-order chi connectivity index (χ0) is 16.7. The minimum atomic E-state index is -0.318. The first-order valence-corrected chi connectivity index (χ1v) is 8.84. The van der Waals surface area contributed by atoms with Crippen LogP contribution in [0.25, 0.3) is 42.7 Å². The molecule has 3 heterocycles. The summed E-state index contributed by atoms with van der Waals surface area (Å²) in [6, 6.07) is 14.0. The van der Waals surface area contributed by atoms with Crippen molar-refractivity contribution in [2.45, 2.75) is 0 Å². The highest BCUT2D eigenvalue weighted by atomic mass is 32.1. The second-order valence-corrected chi connectivity index (χ2v) is 7.22. The Balaban J connectivity index is 2.05. The van der Waals surface area contributed by atoms with E-state index < -0.39 is 0 Å². The van der Waals surface area contributed by atoms with E-state index in [-0.39, 0.29) is 11.8 Å². The number of aromatic nitrogens is 1. The van der Waals surface area contributed by atoms with Gasteiger partial charge in [-0.25, -0.2) is 0 Å². The molecular weight excluding hydrogens is 332 g/mol. The molecule has 118 valence electrons. The Bertz CT molecular complexity index is 1410. The Hall–Kier alpha value is -3.18. The lowest BCUT2D eigenvalue weighted by Crippen LogP contribution is -2.20. The van der Waals surface area contributed by atoms with E-state index in [1.807, 2.05) is 36.4 Å². The van der Waals surface area contributed by atoms with Gasteiger partial charge in [0.15, 0.2) is 0 Å². The van der Waals surface area contributed by atoms with Crippen molar-refractivity contribution in [1.82, 2.24) is 10.3 Å². The van der Waals surface area contributed by atoms with Crippen LogP contribution in [0.2, 0.25) is 0 Å². The number of carbonyl (C=O) groups is 2. The van der Waals surface area contributed by atoms with Crippen molar-refractivity contribution in [2.75, 3.05) is 0 Å². The number of rotatable bonds is 0. The van der Waals surface area contributed by atoms with Crippen LogP contribution in [0, 0.1) is 0 Å². The van der Waals surface area contributed by atoms with Gasteiger partial charge in [0.25, 0.3) is 11.8 Å². The topological polar surface area (TPSA) is 62.0 Å². The molecule has 6 rings (SSSR count). The average Bonchev–Trinajstić information content (AvgIpc) is 3.30. The molecule has 0 saturated heterocycles. The Labute approximate surface area is 145 Å². The first-order chi connectivity index (χ1) is 12.2. The van der Waals surface area contributed by atoms with Crippen LogP contribution in [0.4, 0.5) is 0 Å². The average molecular weight is 342 g/mol. The second-order valence-electron chi connectivity index (χ2n) is 6.27. The Morgan fingerprint density at radius 3 is 2.52 bits per heavy atom. The fraction of sp³-hybridized carbons (Fsp3) is 0. The zero-order valence-electron chi connectivity index (χ0n) is 12.8. The van der Waals surface area contributed by atoms with Crippen LogP contribution < -0.4 is 5.32 Å². The molecule has 0 fully saturated rings. The van der Waals surface area contributed by atoms with Gasteiger partial charge in [-0.3, -0.25) is 14.9 Å². The molecule has 1 aliphatic rings. The lowest BCUT2D eigenvalue weighted by Gasteiger charge is -2.07. The van der Waals surface area contributed by atoms with Crippen molar-refractivity contribution in [3.8, 4) is 0 Å². The summed E-state index contributed by atoms with van der Waals surface area (Å²) in [6.45, 7) is 0. The number of thiophene rings is 1. The summed E-state index contributed by atoms with van der Waals surface area (Å²) in [6.07, 6.45) is 0. The van der Waals surface area contributed by atoms with Crippen LogP contribution >= 0.6 is 11.3 Å². The quantitative estimate of drug-likeness (QED) is 0.405. The number of fused-ring (bicyclic) bond motifs is 10. The number of amides is 2. The maximum Gasteiger partial charge on any atom is 0.259 e. The van der Waals surface area contributed by atoms with Crippen molar-refractivity contribution in [2.24, 2.45) is 0 Å². The number of H-pyrrole nitrogens is 1. The molecule has 0 bridgehead atoms. The van der Waals surface area contributed by atoms with Crippen molar-refractivity contribution in [1.29, 1.82) is 0 Å². The van der Waals surface area contributed by atoms with Gasteiger partial charge in [-0.05, 0) is 29.0 Å². The van der Waals surface area contributed by atoms with Crippen LogP contribution in [0.15, 0.2) is 47.8 Å². The molecule has 0 spiro atoms. The van der Waals surface area contributed by atoms with Crippen LogP contribution in [0.5, 0.6) is 0 Å². The van der Waals surface area contributed by atoms with Gasteiger partial charge in [-0.15, -0.1) is 11.3 Å². The number of para-hydroxylation sites is 1. The minimum absolute atomic E-state index is 0.313. The van der Waals surface area contributed by atoms with Gasteiger partial charge in [-0.2, -0.15) is 0 Å². The molecule has 0 saturated carbocycles. The molecule has 5 heteroatoms. The first kappa shape index (κ1) is 13.1. The standard InChI is InChI=1S/C20H10N2O2S/c23-19-16-11-5-6-13-10(7-8-25-13)14(11)18-15(17(16)20(24)22-19)9-3-1-2-4-12(9)21-18/h1-8,21H,(H,22,23,24). The van der Waals surface area contributed by atoms with E-state index in [9.17, 15) is 9.59 Å². The first-order valence-electron chi connectivity index (χ1n) is 7.96. The summed E-state index contributed by atoms with van der Waals surface area (Å²) in [5.74, 6) is -0.631. The van der Waals surface area contributed by atoms with E-state index in [2.05, 4.69) is 21.7 Å². The molecule has 2 aromatic heterocycles. The second kappa shape index (κ2) is 4.26. The fourth-order valence-electron chi connectivity index (χ4n) is 4.06. The third-order valence-corrected chi connectivity index (χ3v) is 5.92. The van der Waals surface area contributed by atoms with Gasteiger partial charge in [0.1, 0.15) is 0 Å². The number of hydrogen-bond acceptors (Lipinski definition) is 3. The lowest BCUT2D eigenvalue weighted by molar-refractivity contribution is 0.0880. The van der Waals surface area contributed by atoms with E-state index in [1.165, 1.54) is 0 Å². The van der Waals surface area contributed by atoms with Gasteiger partial charge in [0.2, 0.25) is 0 Å². The molecule has 0 radical (unpaired) electrons. The van der Waals surface area contributed by atoms with Crippen molar-refractivity contribution in [3.05, 3.63) is 59.0 Å². The molecular formula is C20H10N2O2S. The van der Waals surface area contributed by atoms with Crippen LogP contribution in [0.3, 0.4) is 0 Å². The minimum Gasteiger partial charge on any atom is -0.354 e. The lowest BCUT2D eigenvalue weighted by atomic mass is 9.93. The summed E-state index contributed by atoms with van der Waals surface area (Å²) >= 11 is 1.67. The van der Waals surface area contributed by atoms with E-state index >= 15 is 0 Å². The normalized spacial score (nSPS) is 14.1. The number of hydrogen-bond donors (Lipinski definition) is 2. The molecule has 2 amide bonds. The molecule has 5 aromatic rings. The Morgan fingerprint density at radius 1 is 0.760 bits per heavy atom. The van der Waals surface area contributed by atoms with Crippen molar-refractivity contribution >= 4 is 65.8 Å². The summed E-state index contributed by atoms with van der Waals surface area (Å²) in [5.41, 5.74) is 2.86. The number of aromatic amines is 1. The SMILES string of the molecule is O=C1NC(=O)c2c1c1ccc3sccc3c1c1[nH]c3ccccc3c21. The third kappa shape index (κ3) is 1.47. The van der Waals surface area contributed by atoms with Crippen molar-refractivity contribution in [3.63, 3.8) is 0 Å². The molecule has 0 unspecified atom stereocenters. The largest absolute Gasteiger partial charge is 0.354 e. The zero-order valence-corrected chi connectivity index (χ0v) is 13.7. The maximum absolute atomic E-state index is 12.5. The van der Waals surface area contributed by atoms with E-state index in [0.29, 0.717) is 11.1 Å². The number of imide groups is 1. The molecule has 0 atom stereocenters. The van der Waals surface area contributed by atoms with Gasteiger partial charge >= 0.3 is 0 Å². The highest BCUT2D eigenvalue weighted by Gasteiger charge is 2.33. The number of carbonyl (C=O) groups excluding carboxylic acids is 2. The van der Waals surface area contributed by atoms with Gasteiger partial charge in [-0.1, -0.05) is 24.3 Å². The van der Waals surface area contributed by atoms with Crippen LogP contribution in [-0.2, 0) is 0 Å². The Kier molecular flexibility index (Phi) is 2.24. The molecule has 2 N–H and O–H groups in total. The van der Waals surface area contributed by atoms with Gasteiger partial charge in [0.05, 0.1) is 16.6 Å². The Morgan fingerprint density at radius 2 is 1.60 bits per heavy atom. The number of benzene rings is 3. The molecule has 4 nitrogen and oxygen atoms in total. The van der Waals surface area contributed by atoms with E-state index in [0.717, 1.165) is 42.7 Å². The molecule has 0 aliphatic carbocycles. The molecule has 1 aliphatic heterocycles. The van der Waals surface area contributed by atoms with Gasteiger partial charge < -0.3 is 4.98 Å². The van der Waals surface area contributed by atoms with E-state index in [1.54, 1.807) is 11.3 Å². The molecule has 3 aromatic carbocycles. The fourth-order valence-corrected chi connectivity index (χ4v) is 4.86. The maximum atomic E-state index is 12.5. The summed E-state index contributed by atoms with van der Waals surface area (Å²) in [7, 11) is 0. The monoisotopic (exact) mass is 342 g/mol. The van der Waals surface area contributed by atoms with Gasteiger partial charge in [0, 0.05) is 31.8 Å². The third-order valence-electron chi connectivity index (χ3n) is 5.04.